The Morgan fingerprint density at radius 3 is 2.78 bits per heavy atom. The van der Waals surface area contributed by atoms with E-state index in [1.54, 1.807) is 28.9 Å². The fourth-order valence-corrected chi connectivity index (χ4v) is 3.61. The van der Waals surface area contributed by atoms with Crippen molar-refractivity contribution in [1.29, 1.82) is 0 Å². The van der Waals surface area contributed by atoms with E-state index in [-0.39, 0.29) is 0 Å². The molecule has 0 atom stereocenters. The summed E-state index contributed by atoms with van der Waals surface area (Å²) in [5, 5.41) is 8.87. The summed E-state index contributed by atoms with van der Waals surface area (Å²) in [6.45, 7) is 8.41. The molecule has 0 aliphatic carbocycles. The summed E-state index contributed by atoms with van der Waals surface area (Å²) in [6, 6.07) is 7.89. The van der Waals surface area contributed by atoms with E-state index in [0.29, 0.717) is 6.54 Å². The van der Waals surface area contributed by atoms with Gasteiger partial charge < -0.3 is 4.42 Å². The summed E-state index contributed by atoms with van der Waals surface area (Å²) in [5.41, 5.74) is 2.87. The van der Waals surface area contributed by atoms with Gasteiger partial charge in [0.25, 0.3) is 0 Å². The minimum Gasteiger partial charge on any atom is -0.463 e. The van der Waals surface area contributed by atoms with Crippen LogP contribution in [0, 0.1) is 0 Å². The molecule has 0 aromatic carbocycles. The highest BCUT2D eigenvalue weighted by Gasteiger charge is 2.10. The Morgan fingerprint density at radius 2 is 2.13 bits per heavy atom. The average molecular weight is 343 g/mol. The van der Waals surface area contributed by atoms with Crippen LogP contribution in [-0.4, -0.2) is 16.9 Å². The van der Waals surface area contributed by atoms with Gasteiger partial charge >= 0.3 is 0 Å². The molecule has 0 spiro atoms. The molecule has 0 bridgehead atoms. The van der Waals surface area contributed by atoms with Gasteiger partial charge in [-0.2, -0.15) is 5.10 Å². The number of thiazole rings is 1. The second-order valence-electron chi connectivity index (χ2n) is 5.13. The zero-order valence-electron chi connectivity index (χ0n) is 13.0. The van der Waals surface area contributed by atoms with Crippen molar-refractivity contribution in [2.24, 2.45) is 10.1 Å². The smallest absolute Gasteiger partial charge is 0.206 e. The molecule has 23 heavy (non-hydrogen) atoms. The van der Waals surface area contributed by atoms with Gasteiger partial charge in [0.2, 0.25) is 4.80 Å². The molecule has 0 N–H and O–H groups in total. The molecular formula is C17H17N3OS2. The van der Waals surface area contributed by atoms with Crippen LogP contribution in [0.15, 0.2) is 68.0 Å². The van der Waals surface area contributed by atoms with Crippen molar-refractivity contribution >= 4 is 28.4 Å². The van der Waals surface area contributed by atoms with Crippen LogP contribution in [-0.2, 0) is 0 Å². The SMILES string of the molecule is C=C(C)CN=c1scc(-c2cccs2)n1N=C(C)c1ccco1. The van der Waals surface area contributed by atoms with E-state index in [2.05, 4.69) is 28.4 Å². The number of thiophene rings is 1. The number of hydrogen-bond donors (Lipinski definition) is 0. The number of nitrogens with zero attached hydrogens (tertiary/aromatic N) is 3. The van der Waals surface area contributed by atoms with E-state index >= 15 is 0 Å². The minimum absolute atomic E-state index is 0.597. The molecule has 0 saturated carbocycles. The molecule has 0 saturated heterocycles. The highest BCUT2D eigenvalue weighted by Crippen LogP contribution is 2.25. The topological polar surface area (TPSA) is 42.8 Å². The lowest BCUT2D eigenvalue weighted by Gasteiger charge is -2.03. The molecule has 3 heterocycles. The van der Waals surface area contributed by atoms with Crippen molar-refractivity contribution in [3.05, 3.63) is 64.0 Å². The first-order chi connectivity index (χ1) is 11.1. The standard InChI is InChI=1S/C17H17N3OS2/c1-12(2)10-18-17-20(19-13(3)15-6-4-8-21-15)14(11-23-17)16-7-5-9-22-16/h4-9,11H,1,10H2,2-3H3. The zero-order chi connectivity index (χ0) is 16.2. The molecule has 0 aliphatic rings. The van der Waals surface area contributed by atoms with Crippen LogP contribution in [0.3, 0.4) is 0 Å². The van der Waals surface area contributed by atoms with Crippen molar-refractivity contribution in [3.63, 3.8) is 0 Å². The maximum Gasteiger partial charge on any atom is 0.206 e. The van der Waals surface area contributed by atoms with Crippen molar-refractivity contribution < 1.29 is 4.42 Å². The Bertz CT molecular complexity index is 881. The second kappa shape index (κ2) is 6.93. The molecule has 0 fully saturated rings. The van der Waals surface area contributed by atoms with Crippen molar-refractivity contribution in [1.82, 2.24) is 4.68 Å². The van der Waals surface area contributed by atoms with E-state index < -0.39 is 0 Å². The van der Waals surface area contributed by atoms with Crippen molar-refractivity contribution in [2.75, 3.05) is 6.54 Å². The van der Waals surface area contributed by atoms with Gasteiger partial charge in [0.1, 0.15) is 11.5 Å². The van der Waals surface area contributed by atoms with E-state index in [9.17, 15) is 0 Å². The Balaban J connectivity index is 2.11. The monoisotopic (exact) mass is 343 g/mol. The van der Waals surface area contributed by atoms with Crippen LogP contribution in [0.4, 0.5) is 0 Å². The van der Waals surface area contributed by atoms with E-state index in [1.165, 1.54) is 0 Å². The first kappa shape index (κ1) is 15.7. The summed E-state index contributed by atoms with van der Waals surface area (Å²) in [7, 11) is 0. The van der Waals surface area contributed by atoms with Crippen LogP contribution in [0.1, 0.15) is 19.6 Å². The van der Waals surface area contributed by atoms with E-state index in [4.69, 9.17) is 9.52 Å². The first-order valence-electron chi connectivity index (χ1n) is 7.14. The van der Waals surface area contributed by atoms with E-state index in [0.717, 1.165) is 32.4 Å². The normalized spacial score (nSPS) is 12.8. The number of aromatic nitrogens is 1. The zero-order valence-corrected chi connectivity index (χ0v) is 14.7. The second-order valence-corrected chi connectivity index (χ2v) is 6.91. The predicted octanol–water partition coefficient (Wildman–Crippen LogP) is 4.62. The average Bonchev–Trinajstić information content (AvgIpc) is 3.26. The van der Waals surface area contributed by atoms with Gasteiger partial charge in [-0.25, -0.2) is 4.68 Å². The van der Waals surface area contributed by atoms with Gasteiger partial charge in [-0.05, 0) is 37.4 Å². The maximum absolute atomic E-state index is 5.43. The van der Waals surface area contributed by atoms with Gasteiger partial charge in [-0.15, -0.1) is 22.7 Å². The summed E-state index contributed by atoms with van der Waals surface area (Å²) >= 11 is 3.27. The molecule has 0 amide bonds. The number of furan rings is 1. The highest BCUT2D eigenvalue weighted by atomic mass is 32.1. The van der Waals surface area contributed by atoms with Crippen LogP contribution >= 0.6 is 22.7 Å². The minimum atomic E-state index is 0.597. The Labute approximate surface area is 142 Å². The Morgan fingerprint density at radius 1 is 1.26 bits per heavy atom. The highest BCUT2D eigenvalue weighted by molar-refractivity contribution is 7.14. The lowest BCUT2D eigenvalue weighted by Crippen LogP contribution is -2.14. The van der Waals surface area contributed by atoms with Crippen LogP contribution in [0.2, 0.25) is 0 Å². The molecule has 3 aromatic rings. The molecule has 118 valence electrons. The lowest BCUT2D eigenvalue weighted by atomic mass is 10.3. The fraction of sp³-hybridized carbons (Fsp3) is 0.176. The quantitative estimate of drug-likeness (QED) is 0.492. The Kier molecular flexibility index (Phi) is 4.73. The molecule has 0 aliphatic heterocycles. The Hall–Kier alpha value is -2.18. The lowest BCUT2D eigenvalue weighted by molar-refractivity contribution is 0.556. The van der Waals surface area contributed by atoms with Crippen LogP contribution in [0.5, 0.6) is 0 Å². The van der Waals surface area contributed by atoms with Gasteiger partial charge in [0.05, 0.1) is 23.4 Å². The largest absolute Gasteiger partial charge is 0.463 e. The molecule has 0 radical (unpaired) electrons. The van der Waals surface area contributed by atoms with Gasteiger partial charge in [-0.1, -0.05) is 18.2 Å². The molecule has 6 heteroatoms. The number of hydrogen-bond acceptors (Lipinski definition) is 5. The molecule has 3 rings (SSSR count). The van der Waals surface area contributed by atoms with Crippen LogP contribution in [0.25, 0.3) is 10.6 Å². The van der Waals surface area contributed by atoms with Gasteiger partial charge in [0.15, 0.2) is 0 Å². The third-order valence-corrected chi connectivity index (χ3v) is 4.82. The first-order valence-corrected chi connectivity index (χ1v) is 8.90. The molecule has 3 aromatic heterocycles. The summed E-state index contributed by atoms with van der Waals surface area (Å²) < 4.78 is 7.32. The fourth-order valence-electron chi connectivity index (χ4n) is 1.99. The molecule has 4 nitrogen and oxygen atoms in total. The molecular weight excluding hydrogens is 326 g/mol. The summed E-state index contributed by atoms with van der Waals surface area (Å²) in [6.07, 6.45) is 1.65. The third-order valence-electron chi connectivity index (χ3n) is 3.07. The maximum atomic E-state index is 5.43. The number of rotatable bonds is 5. The summed E-state index contributed by atoms with van der Waals surface area (Å²) in [4.78, 5) is 6.63. The summed E-state index contributed by atoms with van der Waals surface area (Å²) in [5.74, 6) is 0.756. The van der Waals surface area contributed by atoms with Gasteiger partial charge in [0, 0.05) is 5.38 Å². The third kappa shape index (κ3) is 3.60. The molecule has 0 unspecified atom stereocenters. The van der Waals surface area contributed by atoms with Crippen molar-refractivity contribution in [3.8, 4) is 10.6 Å². The predicted molar refractivity (Wildman–Crippen MR) is 97.2 cm³/mol. The van der Waals surface area contributed by atoms with Crippen LogP contribution < -0.4 is 4.80 Å². The van der Waals surface area contributed by atoms with Crippen molar-refractivity contribution in [2.45, 2.75) is 13.8 Å². The van der Waals surface area contributed by atoms with E-state index in [1.807, 2.05) is 36.7 Å². The van der Waals surface area contributed by atoms with Gasteiger partial charge in [-0.3, -0.25) is 4.99 Å².